The molecule has 0 spiro atoms. The van der Waals surface area contributed by atoms with Crippen molar-refractivity contribution >= 4 is 5.69 Å². The average Bonchev–Trinajstić information content (AvgIpc) is 2.38. The standard InChI is InChI=1S/C17H26N2/c1-4-10-17(18,5-2)15-8-6-7-9-16(15)19-14-11-13(3)12-14/h6-9,14,19H,3-5,10-12,18H2,1-2H3. The highest BCUT2D eigenvalue weighted by Gasteiger charge is 2.28. The highest BCUT2D eigenvalue weighted by Crippen LogP contribution is 2.35. The molecular formula is C17H26N2. The van der Waals surface area contributed by atoms with E-state index in [2.05, 4.69) is 50.0 Å². The van der Waals surface area contributed by atoms with E-state index in [1.54, 1.807) is 0 Å². The molecule has 1 atom stereocenters. The first kappa shape index (κ1) is 14.1. The van der Waals surface area contributed by atoms with Gasteiger partial charge in [0.15, 0.2) is 0 Å². The highest BCUT2D eigenvalue weighted by atomic mass is 14.9. The highest BCUT2D eigenvalue weighted by molar-refractivity contribution is 5.55. The van der Waals surface area contributed by atoms with Gasteiger partial charge in [0, 0.05) is 17.3 Å². The molecule has 1 aliphatic carbocycles. The van der Waals surface area contributed by atoms with Crippen molar-refractivity contribution in [2.75, 3.05) is 5.32 Å². The summed E-state index contributed by atoms with van der Waals surface area (Å²) < 4.78 is 0. The fourth-order valence-corrected chi connectivity index (χ4v) is 2.95. The van der Waals surface area contributed by atoms with E-state index in [0.717, 1.165) is 32.1 Å². The molecular weight excluding hydrogens is 232 g/mol. The minimum atomic E-state index is -0.209. The Hall–Kier alpha value is -1.28. The van der Waals surface area contributed by atoms with Crippen LogP contribution in [0.4, 0.5) is 5.69 Å². The van der Waals surface area contributed by atoms with Crippen molar-refractivity contribution in [1.29, 1.82) is 0 Å². The molecule has 1 aliphatic rings. The first-order valence-corrected chi connectivity index (χ1v) is 7.40. The van der Waals surface area contributed by atoms with Gasteiger partial charge in [0.25, 0.3) is 0 Å². The van der Waals surface area contributed by atoms with Gasteiger partial charge in [-0.1, -0.05) is 50.6 Å². The lowest BCUT2D eigenvalue weighted by Crippen LogP contribution is -2.38. The second kappa shape index (κ2) is 5.79. The van der Waals surface area contributed by atoms with Crippen LogP contribution in [0.1, 0.15) is 51.5 Å². The molecule has 0 saturated heterocycles. The molecule has 0 bridgehead atoms. The molecule has 0 amide bonds. The van der Waals surface area contributed by atoms with Crippen LogP contribution in [0.3, 0.4) is 0 Å². The summed E-state index contributed by atoms with van der Waals surface area (Å²) in [5, 5.41) is 3.63. The Labute approximate surface area is 117 Å². The molecule has 0 heterocycles. The van der Waals surface area contributed by atoms with Gasteiger partial charge in [0.05, 0.1) is 0 Å². The Balaban J connectivity index is 2.21. The Morgan fingerprint density at radius 3 is 2.58 bits per heavy atom. The van der Waals surface area contributed by atoms with Crippen molar-refractivity contribution in [2.45, 2.75) is 57.5 Å². The molecule has 19 heavy (non-hydrogen) atoms. The Morgan fingerprint density at radius 1 is 1.32 bits per heavy atom. The lowest BCUT2D eigenvalue weighted by Gasteiger charge is -2.35. The second-order valence-electron chi connectivity index (χ2n) is 5.80. The van der Waals surface area contributed by atoms with Crippen LogP contribution in [-0.4, -0.2) is 6.04 Å². The third-order valence-electron chi connectivity index (χ3n) is 4.22. The van der Waals surface area contributed by atoms with Crippen molar-refractivity contribution in [1.82, 2.24) is 0 Å². The van der Waals surface area contributed by atoms with E-state index in [4.69, 9.17) is 5.73 Å². The van der Waals surface area contributed by atoms with Gasteiger partial charge in [-0.05, 0) is 37.3 Å². The number of rotatable bonds is 6. The van der Waals surface area contributed by atoms with E-state index in [-0.39, 0.29) is 5.54 Å². The minimum Gasteiger partial charge on any atom is -0.381 e. The predicted molar refractivity (Wildman–Crippen MR) is 83.3 cm³/mol. The zero-order valence-electron chi connectivity index (χ0n) is 12.2. The van der Waals surface area contributed by atoms with Gasteiger partial charge in [0.2, 0.25) is 0 Å². The maximum atomic E-state index is 6.63. The fraction of sp³-hybridized carbons (Fsp3) is 0.529. The molecule has 2 nitrogen and oxygen atoms in total. The van der Waals surface area contributed by atoms with Crippen LogP contribution in [0.2, 0.25) is 0 Å². The SMILES string of the molecule is C=C1CC(Nc2ccccc2C(N)(CC)CCC)C1. The van der Waals surface area contributed by atoms with Crippen molar-refractivity contribution in [3.63, 3.8) is 0 Å². The Morgan fingerprint density at radius 2 is 2.00 bits per heavy atom. The number of nitrogens with two attached hydrogens (primary N) is 1. The van der Waals surface area contributed by atoms with Crippen molar-refractivity contribution < 1.29 is 0 Å². The zero-order valence-corrected chi connectivity index (χ0v) is 12.2. The fourth-order valence-electron chi connectivity index (χ4n) is 2.95. The van der Waals surface area contributed by atoms with E-state index >= 15 is 0 Å². The number of hydrogen-bond acceptors (Lipinski definition) is 2. The van der Waals surface area contributed by atoms with Crippen LogP contribution in [0, 0.1) is 0 Å². The summed E-state index contributed by atoms with van der Waals surface area (Å²) in [6.07, 6.45) is 5.28. The topological polar surface area (TPSA) is 38.0 Å². The molecule has 0 aliphatic heterocycles. The molecule has 2 heteroatoms. The summed E-state index contributed by atoms with van der Waals surface area (Å²) in [5.74, 6) is 0. The summed E-state index contributed by atoms with van der Waals surface area (Å²) >= 11 is 0. The molecule has 0 radical (unpaired) electrons. The molecule has 3 N–H and O–H groups in total. The normalized spacial score (nSPS) is 18.8. The number of para-hydroxylation sites is 1. The first-order chi connectivity index (χ1) is 9.09. The molecule has 104 valence electrons. The smallest absolute Gasteiger partial charge is 0.0427 e. The molecule has 1 fully saturated rings. The van der Waals surface area contributed by atoms with Gasteiger partial charge in [-0.25, -0.2) is 0 Å². The van der Waals surface area contributed by atoms with Crippen LogP contribution in [0.25, 0.3) is 0 Å². The predicted octanol–water partition coefficient (Wildman–Crippen LogP) is 4.18. The van der Waals surface area contributed by atoms with Crippen LogP contribution < -0.4 is 11.1 Å². The van der Waals surface area contributed by atoms with Gasteiger partial charge in [-0.15, -0.1) is 0 Å². The van der Waals surface area contributed by atoms with Crippen molar-refractivity contribution in [3.05, 3.63) is 42.0 Å². The molecule has 1 aromatic carbocycles. The monoisotopic (exact) mass is 258 g/mol. The molecule has 0 aromatic heterocycles. The summed E-state index contributed by atoms with van der Waals surface area (Å²) in [6, 6.07) is 9.05. The van der Waals surface area contributed by atoms with Gasteiger partial charge >= 0.3 is 0 Å². The van der Waals surface area contributed by atoms with Gasteiger partial charge in [0.1, 0.15) is 0 Å². The average molecular weight is 258 g/mol. The largest absolute Gasteiger partial charge is 0.381 e. The van der Waals surface area contributed by atoms with Crippen LogP contribution in [0.5, 0.6) is 0 Å². The van der Waals surface area contributed by atoms with E-state index < -0.39 is 0 Å². The van der Waals surface area contributed by atoms with E-state index in [9.17, 15) is 0 Å². The maximum absolute atomic E-state index is 6.63. The summed E-state index contributed by atoms with van der Waals surface area (Å²) in [6.45, 7) is 8.38. The van der Waals surface area contributed by atoms with Crippen molar-refractivity contribution in [2.24, 2.45) is 5.73 Å². The van der Waals surface area contributed by atoms with Crippen LogP contribution in [0.15, 0.2) is 36.4 Å². The summed E-state index contributed by atoms with van der Waals surface area (Å²) in [5.41, 5.74) is 10.2. The van der Waals surface area contributed by atoms with Crippen LogP contribution >= 0.6 is 0 Å². The summed E-state index contributed by atoms with van der Waals surface area (Å²) in [4.78, 5) is 0. The molecule has 1 saturated carbocycles. The molecule has 1 unspecified atom stereocenters. The number of anilines is 1. The third-order valence-corrected chi connectivity index (χ3v) is 4.22. The summed E-state index contributed by atoms with van der Waals surface area (Å²) in [7, 11) is 0. The number of hydrogen-bond donors (Lipinski definition) is 2. The van der Waals surface area contributed by atoms with Crippen LogP contribution in [-0.2, 0) is 5.54 Å². The van der Waals surface area contributed by atoms with Gasteiger partial charge in [-0.2, -0.15) is 0 Å². The van der Waals surface area contributed by atoms with Gasteiger partial charge in [-0.3, -0.25) is 0 Å². The zero-order chi connectivity index (χ0) is 13.9. The lowest BCUT2D eigenvalue weighted by atomic mass is 9.82. The van der Waals surface area contributed by atoms with Gasteiger partial charge < -0.3 is 11.1 Å². The number of nitrogens with one attached hydrogen (secondary N) is 1. The first-order valence-electron chi connectivity index (χ1n) is 7.40. The third kappa shape index (κ3) is 3.01. The molecule has 2 rings (SSSR count). The van der Waals surface area contributed by atoms with E-state index in [1.807, 2.05) is 0 Å². The Kier molecular flexibility index (Phi) is 4.31. The van der Waals surface area contributed by atoms with E-state index in [1.165, 1.54) is 16.8 Å². The minimum absolute atomic E-state index is 0.209. The van der Waals surface area contributed by atoms with E-state index in [0.29, 0.717) is 6.04 Å². The Bertz CT molecular complexity index is 444. The molecule has 1 aromatic rings. The van der Waals surface area contributed by atoms with Crippen molar-refractivity contribution in [3.8, 4) is 0 Å². The second-order valence-corrected chi connectivity index (χ2v) is 5.80. The number of benzene rings is 1. The quantitative estimate of drug-likeness (QED) is 0.751. The lowest BCUT2D eigenvalue weighted by molar-refractivity contribution is 0.390. The maximum Gasteiger partial charge on any atom is 0.0427 e.